The molecule has 1 aromatic heterocycles. The summed E-state index contributed by atoms with van der Waals surface area (Å²) in [5.41, 5.74) is 0.0898. The van der Waals surface area contributed by atoms with Gasteiger partial charge in [0.2, 0.25) is 5.43 Å². The zero-order valence-electron chi connectivity index (χ0n) is 10.1. The first-order valence-electron chi connectivity index (χ1n) is 5.90. The monoisotopic (exact) mass is 246 g/mol. The minimum atomic E-state index is -0.349. The minimum absolute atomic E-state index is 0.00837. The molecule has 0 aliphatic carbocycles. The molecule has 0 aliphatic heterocycles. The third-order valence-corrected chi connectivity index (χ3v) is 2.67. The molecule has 0 amide bonds. The van der Waals surface area contributed by atoms with Gasteiger partial charge in [-0.2, -0.15) is 0 Å². The normalized spacial score (nSPS) is 10.5. The number of benzene rings is 1. The van der Waals surface area contributed by atoms with Crippen molar-refractivity contribution >= 4 is 17.3 Å². The maximum absolute atomic E-state index is 12.0. The van der Waals surface area contributed by atoms with Crippen LogP contribution >= 0.6 is 0 Å². The molecule has 4 nitrogen and oxygen atoms in total. The molecular weight excluding hydrogens is 232 g/mol. The largest absolute Gasteiger partial charge is 0.493 e. The highest BCUT2D eigenvalue weighted by molar-refractivity contribution is 5.88. The molecule has 0 spiro atoms. The Morgan fingerprint density at radius 3 is 2.94 bits per heavy atom. The molecule has 0 aliphatic rings. The number of ether oxygens (including phenoxy) is 1. The Kier molecular flexibility index (Phi) is 3.77. The van der Waals surface area contributed by atoms with Gasteiger partial charge < -0.3 is 9.15 Å². The van der Waals surface area contributed by atoms with E-state index in [9.17, 15) is 9.59 Å². The van der Waals surface area contributed by atoms with E-state index in [2.05, 4.69) is 6.92 Å². The molecule has 18 heavy (non-hydrogen) atoms. The lowest BCUT2D eigenvalue weighted by Gasteiger charge is -2.07. The van der Waals surface area contributed by atoms with Gasteiger partial charge >= 0.3 is 0 Å². The minimum Gasteiger partial charge on any atom is -0.493 e. The van der Waals surface area contributed by atoms with Crippen LogP contribution in [0, 0.1) is 0 Å². The van der Waals surface area contributed by atoms with E-state index >= 15 is 0 Å². The third kappa shape index (κ3) is 2.27. The van der Waals surface area contributed by atoms with E-state index in [4.69, 9.17) is 9.15 Å². The van der Waals surface area contributed by atoms with Crippen LogP contribution < -0.4 is 10.2 Å². The first-order valence-corrected chi connectivity index (χ1v) is 5.90. The fourth-order valence-corrected chi connectivity index (χ4v) is 1.69. The summed E-state index contributed by atoms with van der Waals surface area (Å²) in [5, 5.41) is 0.332. The van der Waals surface area contributed by atoms with E-state index in [-0.39, 0.29) is 11.0 Å². The van der Waals surface area contributed by atoms with Gasteiger partial charge in [-0.1, -0.05) is 19.4 Å². The molecule has 1 aromatic carbocycles. The Morgan fingerprint density at radius 2 is 2.22 bits per heavy atom. The highest BCUT2D eigenvalue weighted by atomic mass is 16.5. The van der Waals surface area contributed by atoms with Gasteiger partial charge in [0.05, 0.1) is 12.2 Å². The molecule has 2 aromatic rings. The SMILES string of the molecule is CCCCOc1cccc2occ(C=O)c(=O)c12. The van der Waals surface area contributed by atoms with Crippen LogP contribution in [-0.4, -0.2) is 12.9 Å². The molecule has 0 bridgehead atoms. The van der Waals surface area contributed by atoms with Crippen molar-refractivity contribution in [1.82, 2.24) is 0 Å². The van der Waals surface area contributed by atoms with Crippen molar-refractivity contribution < 1.29 is 13.9 Å². The fourth-order valence-electron chi connectivity index (χ4n) is 1.69. The van der Waals surface area contributed by atoms with Crippen LogP contribution in [0.1, 0.15) is 30.1 Å². The number of unbranched alkanes of at least 4 members (excludes halogenated alkanes) is 1. The number of rotatable bonds is 5. The van der Waals surface area contributed by atoms with Crippen molar-refractivity contribution in [1.29, 1.82) is 0 Å². The highest BCUT2D eigenvalue weighted by Gasteiger charge is 2.11. The summed E-state index contributed by atoms with van der Waals surface area (Å²) < 4.78 is 10.8. The molecule has 1 heterocycles. The van der Waals surface area contributed by atoms with E-state index in [1.54, 1.807) is 18.2 Å². The van der Waals surface area contributed by atoms with Gasteiger partial charge in [0.1, 0.15) is 23.0 Å². The molecular formula is C14H14O4. The average molecular weight is 246 g/mol. The van der Waals surface area contributed by atoms with Crippen molar-refractivity contribution in [2.45, 2.75) is 19.8 Å². The lowest BCUT2D eigenvalue weighted by molar-refractivity contribution is 0.112. The van der Waals surface area contributed by atoms with Crippen LogP contribution in [0.3, 0.4) is 0 Å². The van der Waals surface area contributed by atoms with Crippen LogP contribution in [0.4, 0.5) is 0 Å². The smallest absolute Gasteiger partial charge is 0.206 e. The van der Waals surface area contributed by atoms with Gasteiger partial charge in [-0.15, -0.1) is 0 Å². The maximum atomic E-state index is 12.0. The second-order valence-electron chi connectivity index (χ2n) is 3.97. The van der Waals surface area contributed by atoms with Gasteiger partial charge in [-0.25, -0.2) is 0 Å². The van der Waals surface area contributed by atoms with Gasteiger partial charge in [0.25, 0.3) is 0 Å². The Morgan fingerprint density at radius 1 is 1.39 bits per heavy atom. The maximum Gasteiger partial charge on any atom is 0.206 e. The Balaban J connectivity index is 2.52. The summed E-state index contributed by atoms with van der Waals surface area (Å²) in [4.78, 5) is 22.8. The second-order valence-corrected chi connectivity index (χ2v) is 3.97. The summed E-state index contributed by atoms with van der Waals surface area (Å²) in [6.07, 6.45) is 3.59. The van der Waals surface area contributed by atoms with E-state index in [0.29, 0.717) is 29.6 Å². The van der Waals surface area contributed by atoms with Crippen molar-refractivity contribution in [3.63, 3.8) is 0 Å². The first kappa shape index (κ1) is 12.4. The molecule has 2 rings (SSSR count). The Hall–Kier alpha value is -2.10. The number of carbonyl (C=O) groups excluding carboxylic acids is 1. The molecule has 0 N–H and O–H groups in total. The Labute approximate surface area is 104 Å². The van der Waals surface area contributed by atoms with E-state index in [1.165, 1.54) is 6.26 Å². The quantitative estimate of drug-likeness (QED) is 0.601. The van der Waals surface area contributed by atoms with Crippen molar-refractivity contribution in [3.8, 4) is 5.75 Å². The van der Waals surface area contributed by atoms with Gasteiger partial charge in [-0.05, 0) is 18.6 Å². The zero-order valence-corrected chi connectivity index (χ0v) is 10.1. The number of carbonyl (C=O) groups is 1. The molecule has 4 heteroatoms. The predicted octanol–water partition coefficient (Wildman–Crippen LogP) is 2.78. The summed E-state index contributed by atoms with van der Waals surface area (Å²) >= 11 is 0. The van der Waals surface area contributed by atoms with Crippen molar-refractivity contribution in [2.24, 2.45) is 0 Å². The predicted molar refractivity (Wildman–Crippen MR) is 68.3 cm³/mol. The molecule has 94 valence electrons. The topological polar surface area (TPSA) is 56.5 Å². The number of hydrogen-bond acceptors (Lipinski definition) is 4. The van der Waals surface area contributed by atoms with Crippen molar-refractivity contribution in [2.75, 3.05) is 6.61 Å². The number of aldehydes is 1. The summed E-state index contributed by atoms with van der Waals surface area (Å²) in [6, 6.07) is 5.15. The molecule has 0 radical (unpaired) electrons. The van der Waals surface area contributed by atoms with Gasteiger partial charge in [0.15, 0.2) is 6.29 Å². The molecule has 0 atom stereocenters. The standard InChI is InChI=1S/C14H14O4/c1-2-3-7-17-11-5-4-6-12-13(11)14(16)10(8-15)9-18-12/h4-6,8-9H,2-3,7H2,1H3. The van der Waals surface area contributed by atoms with E-state index in [0.717, 1.165) is 12.8 Å². The molecule has 0 unspecified atom stereocenters. The van der Waals surface area contributed by atoms with E-state index in [1.807, 2.05) is 0 Å². The summed E-state index contributed by atoms with van der Waals surface area (Å²) in [6.45, 7) is 2.60. The third-order valence-electron chi connectivity index (χ3n) is 2.67. The number of fused-ring (bicyclic) bond motifs is 1. The lowest BCUT2D eigenvalue weighted by Crippen LogP contribution is -2.09. The van der Waals surface area contributed by atoms with Crippen LogP contribution in [-0.2, 0) is 0 Å². The molecule has 0 saturated carbocycles. The fraction of sp³-hybridized carbons (Fsp3) is 0.286. The lowest BCUT2D eigenvalue weighted by atomic mass is 10.1. The second kappa shape index (κ2) is 5.49. The van der Waals surface area contributed by atoms with Crippen LogP contribution in [0.15, 0.2) is 33.7 Å². The van der Waals surface area contributed by atoms with E-state index < -0.39 is 0 Å². The Bertz CT molecular complexity index is 613. The molecule has 0 fully saturated rings. The van der Waals surface area contributed by atoms with Crippen LogP contribution in [0.2, 0.25) is 0 Å². The van der Waals surface area contributed by atoms with Crippen LogP contribution in [0.25, 0.3) is 11.0 Å². The summed E-state index contributed by atoms with van der Waals surface area (Å²) in [5.74, 6) is 0.471. The first-order chi connectivity index (χ1) is 8.77. The molecule has 0 saturated heterocycles. The number of hydrogen-bond donors (Lipinski definition) is 0. The van der Waals surface area contributed by atoms with Gasteiger partial charge in [0, 0.05) is 0 Å². The zero-order chi connectivity index (χ0) is 13.0. The van der Waals surface area contributed by atoms with Gasteiger partial charge in [-0.3, -0.25) is 9.59 Å². The van der Waals surface area contributed by atoms with Crippen LogP contribution in [0.5, 0.6) is 5.75 Å². The van der Waals surface area contributed by atoms with Crippen molar-refractivity contribution in [3.05, 3.63) is 40.2 Å². The summed E-state index contributed by atoms with van der Waals surface area (Å²) in [7, 11) is 0. The average Bonchev–Trinajstić information content (AvgIpc) is 2.39. The highest BCUT2D eigenvalue weighted by Crippen LogP contribution is 2.23.